The maximum absolute atomic E-state index is 6.18. The third-order valence-corrected chi connectivity index (χ3v) is 6.50. The summed E-state index contributed by atoms with van der Waals surface area (Å²) in [5.41, 5.74) is 8.66. The predicted molar refractivity (Wildman–Crippen MR) is 95.5 cm³/mol. The SMILES string of the molecule is CCCCNc1ccc([I-]c2ccc(C(N)CCC)cc2)cc1. The molecule has 0 aliphatic rings. The standard InChI is InChI=1S/C20H28IN2/c1-3-5-15-23-19-13-11-18(12-14-19)21-17-9-7-16(8-10-17)20(22)6-4-2/h7-14,20,23H,3-6,15,22H2,1-2H3/q-1. The summed E-state index contributed by atoms with van der Waals surface area (Å²) in [5, 5.41) is 3.47. The fourth-order valence-corrected chi connectivity index (χ4v) is 4.57. The fourth-order valence-electron chi connectivity index (χ4n) is 2.42. The molecule has 0 heterocycles. The van der Waals surface area contributed by atoms with Gasteiger partial charge < -0.3 is 0 Å². The Balaban J connectivity index is 1.91. The Hall–Kier alpha value is -1.07. The number of hydrogen-bond donors (Lipinski definition) is 2. The van der Waals surface area contributed by atoms with Crippen molar-refractivity contribution in [1.29, 1.82) is 0 Å². The van der Waals surface area contributed by atoms with Gasteiger partial charge >= 0.3 is 151 Å². The molecule has 1 atom stereocenters. The van der Waals surface area contributed by atoms with Crippen LogP contribution < -0.4 is 32.3 Å². The molecule has 23 heavy (non-hydrogen) atoms. The summed E-state index contributed by atoms with van der Waals surface area (Å²) in [4.78, 5) is 0. The van der Waals surface area contributed by atoms with Crippen LogP contribution >= 0.6 is 0 Å². The summed E-state index contributed by atoms with van der Waals surface area (Å²) < 4.78 is 2.90. The number of halogens is 1. The van der Waals surface area contributed by atoms with Crippen molar-refractivity contribution in [3.05, 3.63) is 61.2 Å². The zero-order chi connectivity index (χ0) is 16.5. The van der Waals surface area contributed by atoms with Crippen LogP contribution in [-0.4, -0.2) is 6.54 Å². The Kier molecular flexibility index (Phi) is 7.89. The molecule has 0 radical (unpaired) electrons. The number of hydrogen-bond acceptors (Lipinski definition) is 2. The molecule has 0 spiro atoms. The number of rotatable bonds is 9. The van der Waals surface area contributed by atoms with Crippen molar-refractivity contribution in [3.63, 3.8) is 0 Å². The minimum absolute atomic E-state index is 0.110. The molecule has 0 saturated heterocycles. The van der Waals surface area contributed by atoms with Crippen molar-refractivity contribution in [1.82, 2.24) is 0 Å². The average Bonchev–Trinajstić information content (AvgIpc) is 2.57. The van der Waals surface area contributed by atoms with Gasteiger partial charge in [0.2, 0.25) is 0 Å². The molecule has 2 nitrogen and oxygen atoms in total. The summed E-state index contributed by atoms with van der Waals surface area (Å²) in [6.45, 7) is 5.46. The van der Waals surface area contributed by atoms with Crippen molar-refractivity contribution in [3.8, 4) is 0 Å². The molecule has 0 fully saturated rings. The van der Waals surface area contributed by atoms with Crippen molar-refractivity contribution < 1.29 is 21.2 Å². The second-order valence-corrected chi connectivity index (χ2v) is 8.86. The Morgan fingerprint density at radius 3 is 2.09 bits per heavy atom. The zero-order valence-electron chi connectivity index (χ0n) is 14.2. The minimum atomic E-state index is -0.110. The molecule has 2 aromatic carbocycles. The summed E-state index contributed by atoms with van der Waals surface area (Å²) >= 11 is -0.110. The maximum atomic E-state index is 6.18. The third kappa shape index (κ3) is 6.15. The van der Waals surface area contributed by atoms with Gasteiger partial charge in [-0.05, 0) is 0 Å². The van der Waals surface area contributed by atoms with E-state index in [2.05, 4.69) is 67.7 Å². The molecular formula is C20H28IN2-. The van der Waals surface area contributed by atoms with Crippen LogP contribution in [0.3, 0.4) is 0 Å². The van der Waals surface area contributed by atoms with Gasteiger partial charge in [-0.2, -0.15) is 0 Å². The van der Waals surface area contributed by atoms with Gasteiger partial charge in [0.25, 0.3) is 0 Å². The van der Waals surface area contributed by atoms with Gasteiger partial charge in [-0.1, -0.05) is 0 Å². The van der Waals surface area contributed by atoms with Crippen molar-refractivity contribution >= 4 is 5.69 Å². The summed E-state index contributed by atoms with van der Waals surface area (Å²) in [7, 11) is 0. The van der Waals surface area contributed by atoms with Crippen LogP contribution in [0.4, 0.5) is 5.69 Å². The van der Waals surface area contributed by atoms with E-state index in [4.69, 9.17) is 5.73 Å². The van der Waals surface area contributed by atoms with E-state index in [0.717, 1.165) is 19.4 Å². The van der Waals surface area contributed by atoms with Crippen LogP contribution in [0, 0.1) is 7.14 Å². The fraction of sp³-hybridized carbons (Fsp3) is 0.400. The molecule has 0 aliphatic heterocycles. The summed E-state index contributed by atoms with van der Waals surface area (Å²) in [6.07, 6.45) is 4.64. The molecule has 3 N–H and O–H groups in total. The van der Waals surface area contributed by atoms with Crippen molar-refractivity contribution in [2.75, 3.05) is 11.9 Å². The van der Waals surface area contributed by atoms with E-state index in [-0.39, 0.29) is 27.2 Å². The molecule has 0 amide bonds. The molecule has 2 aromatic rings. The summed E-state index contributed by atoms with van der Waals surface area (Å²) in [6, 6.07) is 18.0. The second kappa shape index (κ2) is 9.93. The first-order valence-corrected chi connectivity index (χ1v) is 10.7. The zero-order valence-corrected chi connectivity index (χ0v) is 16.3. The number of nitrogens with two attached hydrogens (primary N) is 1. The van der Waals surface area contributed by atoms with Crippen LogP contribution in [0.15, 0.2) is 48.5 Å². The molecule has 0 saturated carbocycles. The van der Waals surface area contributed by atoms with E-state index in [0.29, 0.717) is 0 Å². The first-order valence-electron chi connectivity index (χ1n) is 8.57. The van der Waals surface area contributed by atoms with Crippen LogP contribution in [0.1, 0.15) is 51.1 Å². The van der Waals surface area contributed by atoms with E-state index in [1.807, 2.05) is 0 Å². The van der Waals surface area contributed by atoms with Gasteiger partial charge in [0.15, 0.2) is 0 Å². The normalized spacial score (nSPS) is 12.3. The van der Waals surface area contributed by atoms with Gasteiger partial charge in [0.1, 0.15) is 0 Å². The molecule has 126 valence electrons. The predicted octanol–water partition coefficient (Wildman–Crippen LogP) is 1.83. The number of benzene rings is 2. The first kappa shape index (κ1) is 18.3. The van der Waals surface area contributed by atoms with Gasteiger partial charge in [-0.15, -0.1) is 0 Å². The quantitative estimate of drug-likeness (QED) is 0.477. The Bertz CT molecular complexity index is 563. The Morgan fingerprint density at radius 2 is 1.52 bits per heavy atom. The monoisotopic (exact) mass is 423 g/mol. The average molecular weight is 423 g/mol. The van der Waals surface area contributed by atoms with Gasteiger partial charge in [0.05, 0.1) is 0 Å². The number of anilines is 1. The van der Waals surface area contributed by atoms with Gasteiger partial charge in [-0.3, -0.25) is 0 Å². The Morgan fingerprint density at radius 1 is 0.913 bits per heavy atom. The molecule has 0 bridgehead atoms. The summed E-state index contributed by atoms with van der Waals surface area (Å²) in [5.74, 6) is 0. The van der Waals surface area contributed by atoms with Gasteiger partial charge in [-0.25, -0.2) is 0 Å². The molecule has 3 heteroatoms. The molecule has 2 rings (SSSR count). The van der Waals surface area contributed by atoms with Crippen molar-refractivity contribution in [2.24, 2.45) is 5.73 Å². The van der Waals surface area contributed by atoms with Crippen LogP contribution in [0.5, 0.6) is 0 Å². The van der Waals surface area contributed by atoms with E-state index >= 15 is 0 Å². The molecule has 0 aliphatic carbocycles. The van der Waals surface area contributed by atoms with Crippen LogP contribution in [0.2, 0.25) is 0 Å². The molecule has 1 unspecified atom stereocenters. The van der Waals surface area contributed by atoms with E-state index in [1.54, 1.807) is 0 Å². The van der Waals surface area contributed by atoms with Crippen molar-refractivity contribution in [2.45, 2.75) is 45.6 Å². The molecule has 0 aromatic heterocycles. The van der Waals surface area contributed by atoms with E-state index in [9.17, 15) is 0 Å². The van der Waals surface area contributed by atoms with Gasteiger partial charge in [0, 0.05) is 0 Å². The molecular weight excluding hydrogens is 395 g/mol. The topological polar surface area (TPSA) is 38.0 Å². The third-order valence-electron chi connectivity index (χ3n) is 3.82. The van der Waals surface area contributed by atoms with E-state index < -0.39 is 0 Å². The van der Waals surface area contributed by atoms with Crippen LogP contribution in [0.25, 0.3) is 0 Å². The first-order chi connectivity index (χ1) is 11.2. The second-order valence-electron chi connectivity index (χ2n) is 5.83. The number of nitrogens with one attached hydrogen (secondary N) is 1. The Labute approximate surface area is 151 Å². The number of unbranched alkanes of at least 4 members (excludes halogenated alkanes) is 1. The van der Waals surface area contributed by atoms with Crippen LogP contribution in [-0.2, 0) is 0 Å². The van der Waals surface area contributed by atoms with E-state index in [1.165, 1.54) is 31.2 Å².